The Labute approximate surface area is 52.4 Å². The number of nitrogens with zero attached hydrogens (tertiary/aromatic N) is 3. The molecule has 1 aliphatic heterocycles. The van der Waals surface area contributed by atoms with Crippen molar-refractivity contribution in [2.24, 2.45) is 7.05 Å². The number of aromatic nitrogens is 3. The third kappa shape index (κ3) is 0.712. The van der Waals surface area contributed by atoms with Gasteiger partial charge in [0, 0.05) is 7.05 Å². The minimum absolute atomic E-state index is 0.269. The molecular formula is C5H7N3O. The molecule has 1 unspecified atom stereocenters. The van der Waals surface area contributed by atoms with Gasteiger partial charge in [-0.05, 0) is 0 Å². The Morgan fingerprint density at radius 3 is 3.11 bits per heavy atom. The van der Waals surface area contributed by atoms with Crippen LogP contribution in [-0.2, 0) is 11.8 Å². The van der Waals surface area contributed by atoms with E-state index in [0.29, 0.717) is 0 Å². The lowest BCUT2D eigenvalue weighted by molar-refractivity contribution is 0.404. The lowest BCUT2D eigenvalue weighted by Crippen LogP contribution is -1.95. The van der Waals surface area contributed by atoms with Crippen molar-refractivity contribution < 1.29 is 4.74 Å². The summed E-state index contributed by atoms with van der Waals surface area (Å²) in [5.74, 6) is 0. The molecule has 0 N–H and O–H groups in total. The zero-order valence-electron chi connectivity index (χ0n) is 5.11. The summed E-state index contributed by atoms with van der Waals surface area (Å²) in [5, 5.41) is 7.48. The van der Waals surface area contributed by atoms with E-state index in [4.69, 9.17) is 4.74 Å². The highest BCUT2D eigenvalue weighted by molar-refractivity contribution is 5.03. The van der Waals surface area contributed by atoms with Gasteiger partial charge in [0.2, 0.25) is 0 Å². The van der Waals surface area contributed by atoms with Crippen LogP contribution in [0.2, 0.25) is 0 Å². The van der Waals surface area contributed by atoms with Crippen molar-refractivity contribution in [2.45, 2.75) is 6.10 Å². The van der Waals surface area contributed by atoms with Gasteiger partial charge in [-0.2, -0.15) is 0 Å². The Morgan fingerprint density at radius 1 is 1.89 bits per heavy atom. The summed E-state index contributed by atoms with van der Waals surface area (Å²) < 4.78 is 6.77. The molecule has 2 heterocycles. The highest BCUT2D eigenvalue weighted by Gasteiger charge is 2.27. The molecule has 0 spiro atoms. The van der Waals surface area contributed by atoms with E-state index in [-0.39, 0.29) is 6.10 Å². The second kappa shape index (κ2) is 1.54. The van der Waals surface area contributed by atoms with Gasteiger partial charge < -0.3 is 4.74 Å². The first-order valence-electron chi connectivity index (χ1n) is 2.84. The molecule has 9 heavy (non-hydrogen) atoms. The van der Waals surface area contributed by atoms with Crippen LogP contribution in [0.25, 0.3) is 0 Å². The van der Waals surface area contributed by atoms with Gasteiger partial charge in [0.1, 0.15) is 6.10 Å². The van der Waals surface area contributed by atoms with Gasteiger partial charge >= 0.3 is 0 Å². The van der Waals surface area contributed by atoms with Crippen molar-refractivity contribution in [3.63, 3.8) is 0 Å². The van der Waals surface area contributed by atoms with E-state index >= 15 is 0 Å². The number of rotatable bonds is 1. The summed E-state index contributed by atoms with van der Waals surface area (Å²) >= 11 is 0. The number of epoxide rings is 1. The van der Waals surface area contributed by atoms with Crippen molar-refractivity contribution in [2.75, 3.05) is 6.61 Å². The van der Waals surface area contributed by atoms with Gasteiger partial charge in [-0.1, -0.05) is 5.21 Å². The topological polar surface area (TPSA) is 43.2 Å². The van der Waals surface area contributed by atoms with Crippen LogP contribution < -0.4 is 0 Å². The van der Waals surface area contributed by atoms with Crippen LogP contribution in [0.3, 0.4) is 0 Å². The van der Waals surface area contributed by atoms with Gasteiger partial charge in [0.05, 0.1) is 18.5 Å². The molecule has 1 fully saturated rings. The van der Waals surface area contributed by atoms with Crippen LogP contribution in [0.15, 0.2) is 6.20 Å². The van der Waals surface area contributed by atoms with Crippen LogP contribution in [0, 0.1) is 0 Å². The van der Waals surface area contributed by atoms with Crippen LogP contribution in [-0.4, -0.2) is 21.6 Å². The van der Waals surface area contributed by atoms with Crippen molar-refractivity contribution >= 4 is 0 Å². The summed E-state index contributed by atoms with van der Waals surface area (Å²) in [6.07, 6.45) is 2.00. The average molecular weight is 125 g/mol. The van der Waals surface area contributed by atoms with Crippen molar-refractivity contribution in [1.29, 1.82) is 0 Å². The summed E-state index contributed by atoms with van der Waals surface area (Å²) in [6, 6.07) is 0. The minimum Gasteiger partial charge on any atom is -0.366 e. The summed E-state index contributed by atoms with van der Waals surface area (Å²) in [7, 11) is 1.87. The van der Waals surface area contributed by atoms with Crippen molar-refractivity contribution in [1.82, 2.24) is 15.0 Å². The molecule has 1 aromatic rings. The second-order valence-corrected chi connectivity index (χ2v) is 2.10. The van der Waals surface area contributed by atoms with E-state index in [0.717, 1.165) is 12.3 Å². The summed E-state index contributed by atoms with van der Waals surface area (Å²) in [5.41, 5.74) is 1.06. The summed E-state index contributed by atoms with van der Waals surface area (Å²) in [6.45, 7) is 0.821. The summed E-state index contributed by atoms with van der Waals surface area (Å²) in [4.78, 5) is 0. The fourth-order valence-electron chi connectivity index (χ4n) is 0.808. The standard InChI is InChI=1S/C5H7N3O/c1-8-4(2-6-7-8)5-3-9-5/h2,5H,3H2,1H3. The SMILES string of the molecule is Cn1nncc1C1CO1. The van der Waals surface area contributed by atoms with Crippen molar-refractivity contribution in [3.8, 4) is 0 Å². The highest BCUT2D eigenvalue weighted by Crippen LogP contribution is 2.27. The number of aryl methyl sites for hydroxylation is 1. The van der Waals surface area contributed by atoms with Gasteiger partial charge in [0.25, 0.3) is 0 Å². The first kappa shape index (κ1) is 4.93. The fourth-order valence-corrected chi connectivity index (χ4v) is 0.808. The van der Waals surface area contributed by atoms with E-state index in [9.17, 15) is 0 Å². The largest absolute Gasteiger partial charge is 0.366 e. The molecule has 2 rings (SSSR count). The third-order valence-corrected chi connectivity index (χ3v) is 1.41. The van der Waals surface area contributed by atoms with Gasteiger partial charge in [0.15, 0.2) is 0 Å². The molecule has 4 nitrogen and oxygen atoms in total. The Kier molecular flexibility index (Phi) is 0.843. The molecule has 48 valence electrons. The Bertz CT molecular complexity index is 216. The lowest BCUT2D eigenvalue weighted by Gasteiger charge is -1.90. The maximum absolute atomic E-state index is 5.03. The Balaban J connectivity index is 2.35. The molecule has 0 saturated carbocycles. The van der Waals surface area contributed by atoms with Gasteiger partial charge in [-0.15, -0.1) is 5.10 Å². The molecule has 1 aliphatic rings. The van der Waals surface area contributed by atoms with E-state index in [1.807, 2.05) is 7.05 Å². The maximum atomic E-state index is 5.03. The predicted octanol–water partition coefficient (Wildman–Crippen LogP) is -0.114. The van der Waals surface area contributed by atoms with Gasteiger partial charge in [-0.3, -0.25) is 0 Å². The zero-order valence-corrected chi connectivity index (χ0v) is 5.11. The Morgan fingerprint density at radius 2 is 2.67 bits per heavy atom. The molecule has 0 amide bonds. The molecule has 0 aliphatic carbocycles. The zero-order chi connectivity index (χ0) is 6.27. The molecule has 1 atom stereocenters. The van der Waals surface area contributed by atoms with Crippen molar-refractivity contribution in [3.05, 3.63) is 11.9 Å². The fraction of sp³-hybridized carbons (Fsp3) is 0.600. The van der Waals surface area contributed by atoms with E-state index in [2.05, 4.69) is 10.3 Å². The monoisotopic (exact) mass is 125 g/mol. The quantitative estimate of drug-likeness (QED) is 0.492. The third-order valence-electron chi connectivity index (χ3n) is 1.41. The van der Waals surface area contributed by atoms with Crippen LogP contribution in [0.4, 0.5) is 0 Å². The number of hydrogen-bond acceptors (Lipinski definition) is 3. The second-order valence-electron chi connectivity index (χ2n) is 2.10. The van der Waals surface area contributed by atoms with E-state index < -0.39 is 0 Å². The normalized spacial score (nSPS) is 24.3. The highest BCUT2D eigenvalue weighted by atomic mass is 16.6. The number of hydrogen-bond donors (Lipinski definition) is 0. The molecule has 4 heteroatoms. The van der Waals surface area contributed by atoms with E-state index in [1.165, 1.54) is 0 Å². The Hall–Kier alpha value is -0.900. The predicted molar refractivity (Wildman–Crippen MR) is 29.7 cm³/mol. The van der Waals surface area contributed by atoms with Gasteiger partial charge in [-0.25, -0.2) is 4.68 Å². The number of ether oxygens (including phenoxy) is 1. The maximum Gasteiger partial charge on any atom is 0.124 e. The first-order chi connectivity index (χ1) is 4.38. The minimum atomic E-state index is 0.269. The molecule has 1 aromatic heterocycles. The average Bonchev–Trinajstić information content (AvgIpc) is 2.58. The smallest absolute Gasteiger partial charge is 0.124 e. The van der Waals surface area contributed by atoms with Crippen LogP contribution >= 0.6 is 0 Å². The molecule has 0 radical (unpaired) electrons. The first-order valence-corrected chi connectivity index (χ1v) is 2.84. The molecule has 0 aromatic carbocycles. The molecular weight excluding hydrogens is 118 g/mol. The lowest BCUT2D eigenvalue weighted by atomic mass is 10.4. The van der Waals surface area contributed by atoms with Crippen LogP contribution in [0.1, 0.15) is 11.8 Å². The molecule has 1 saturated heterocycles. The van der Waals surface area contributed by atoms with E-state index in [1.54, 1.807) is 10.9 Å². The van der Waals surface area contributed by atoms with Crippen LogP contribution in [0.5, 0.6) is 0 Å². The molecule has 0 bridgehead atoms.